The Morgan fingerprint density at radius 2 is 2.00 bits per heavy atom. The number of nitrogens with two attached hydrogens (primary N) is 1. The maximum Gasteiger partial charge on any atom is 0.265 e. The van der Waals surface area contributed by atoms with Crippen molar-refractivity contribution < 1.29 is 23.1 Å². The summed E-state index contributed by atoms with van der Waals surface area (Å²) in [6.45, 7) is 0. The molecule has 0 heterocycles. The highest BCUT2D eigenvalue weighted by Crippen LogP contribution is 2.35. The number of sulfonamides is 1. The lowest BCUT2D eigenvalue weighted by Gasteiger charge is -2.14. The average Bonchev–Trinajstić information content (AvgIpc) is 2.50. The van der Waals surface area contributed by atoms with Crippen molar-refractivity contribution in [1.29, 1.82) is 0 Å². The molecule has 10 heteroatoms. The summed E-state index contributed by atoms with van der Waals surface area (Å²) in [4.78, 5) is 11.1. The van der Waals surface area contributed by atoms with Crippen LogP contribution in [0.15, 0.2) is 39.7 Å². The average molecular weight is 436 g/mol. The summed E-state index contributed by atoms with van der Waals surface area (Å²) >= 11 is 9.02. The number of phenols is 1. The van der Waals surface area contributed by atoms with Crippen LogP contribution in [-0.2, 0) is 10.0 Å². The SMILES string of the molecule is COc1ccc(Br)cc1S(=O)(=O)Nc1cc(Cl)cc(C(N)=O)c1O. The third-order valence-electron chi connectivity index (χ3n) is 3.00. The molecule has 24 heavy (non-hydrogen) atoms. The second-order valence-electron chi connectivity index (χ2n) is 4.61. The van der Waals surface area contributed by atoms with Crippen LogP contribution in [-0.4, -0.2) is 26.5 Å². The minimum atomic E-state index is -4.14. The Bertz CT molecular complexity index is 918. The van der Waals surface area contributed by atoms with Gasteiger partial charge in [-0.2, -0.15) is 0 Å². The van der Waals surface area contributed by atoms with Gasteiger partial charge in [-0.15, -0.1) is 0 Å². The molecule has 2 aromatic carbocycles. The van der Waals surface area contributed by atoms with Crippen LogP contribution in [0.3, 0.4) is 0 Å². The lowest BCUT2D eigenvalue weighted by Crippen LogP contribution is -2.16. The largest absolute Gasteiger partial charge is 0.505 e. The van der Waals surface area contributed by atoms with E-state index in [0.717, 1.165) is 12.1 Å². The monoisotopic (exact) mass is 434 g/mol. The Kier molecular flexibility index (Phi) is 5.26. The number of primary amides is 1. The summed E-state index contributed by atoms with van der Waals surface area (Å²) in [5, 5.41) is 10.1. The van der Waals surface area contributed by atoms with E-state index < -0.39 is 21.7 Å². The molecule has 128 valence electrons. The van der Waals surface area contributed by atoms with E-state index in [2.05, 4.69) is 20.7 Å². The highest BCUT2D eigenvalue weighted by Gasteiger charge is 2.23. The molecule has 7 nitrogen and oxygen atoms in total. The van der Waals surface area contributed by atoms with Crippen LogP contribution in [0.2, 0.25) is 5.02 Å². The van der Waals surface area contributed by atoms with E-state index in [1.54, 1.807) is 6.07 Å². The van der Waals surface area contributed by atoms with Crippen molar-refractivity contribution in [2.75, 3.05) is 11.8 Å². The Balaban J connectivity index is 2.55. The molecule has 0 bridgehead atoms. The molecule has 0 spiro atoms. The number of hydrogen-bond donors (Lipinski definition) is 3. The first-order valence-electron chi connectivity index (χ1n) is 6.34. The summed E-state index contributed by atoms with van der Waals surface area (Å²) in [5.41, 5.74) is 4.55. The lowest BCUT2D eigenvalue weighted by atomic mass is 10.1. The Morgan fingerprint density at radius 3 is 2.58 bits per heavy atom. The third kappa shape index (κ3) is 3.74. The van der Waals surface area contributed by atoms with E-state index in [9.17, 15) is 18.3 Å². The molecule has 2 rings (SSSR count). The summed E-state index contributed by atoms with van der Waals surface area (Å²) in [6, 6.07) is 6.70. The number of anilines is 1. The first-order valence-corrected chi connectivity index (χ1v) is 9.00. The van der Waals surface area contributed by atoms with Crippen LogP contribution < -0.4 is 15.2 Å². The van der Waals surface area contributed by atoms with E-state index in [4.69, 9.17) is 22.1 Å². The Labute approximate surface area is 151 Å². The van der Waals surface area contributed by atoms with Gasteiger partial charge in [0.2, 0.25) is 0 Å². The first-order chi connectivity index (χ1) is 11.2. The van der Waals surface area contributed by atoms with E-state index in [1.165, 1.54) is 19.2 Å². The Morgan fingerprint density at radius 1 is 1.33 bits per heavy atom. The number of ether oxygens (including phenoxy) is 1. The van der Waals surface area contributed by atoms with Crippen LogP contribution in [0, 0.1) is 0 Å². The van der Waals surface area contributed by atoms with Crippen LogP contribution in [0.4, 0.5) is 5.69 Å². The predicted octanol–water partition coefficient (Wildman–Crippen LogP) is 2.72. The van der Waals surface area contributed by atoms with E-state index in [1.807, 2.05) is 0 Å². The molecule has 0 fully saturated rings. The van der Waals surface area contributed by atoms with Crippen molar-refractivity contribution in [1.82, 2.24) is 0 Å². The zero-order valence-corrected chi connectivity index (χ0v) is 15.4. The topological polar surface area (TPSA) is 119 Å². The molecule has 0 radical (unpaired) electrons. The molecule has 4 N–H and O–H groups in total. The van der Waals surface area contributed by atoms with Gasteiger partial charge in [0.25, 0.3) is 15.9 Å². The highest BCUT2D eigenvalue weighted by atomic mass is 79.9. The lowest BCUT2D eigenvalue weighted by molar-refractivity contribution is 0.0998. The number of halogens is 2. The minimum absolute atomic E-state index is 0.0282. The number of benzene rings is 2. The van der Waals surface area contributed by atoms with Crippen molar-refractivity contribution in [2.45, 2.75) is 4.90 Å². The number of carbonyl (C=O) groups excluding carboxylic acids is 1. The molecular formula is C14H12BrClN2O5S. The zero-order valence-electron chi connectivity index (χ0n) is 12.2. The number of rotatable bonds is 5. The number of aromatic hydroxyl groups is 1. The van der Waals surface area contributed by atoms with Crippen molar-refractivity contribution in [3.05, 3.63) is 45.4 Å². The molecule has 0 aliphatic rings. The predicted molar refractivity (Wildman–Crippen MR) is 93.1 cm³/mol. The second kappa shape index (κ2) is 6.88. The highest BCUT2D eigenvalue weighted by molar-refractivity contribution is 9.10. The molecular weight excluding hydrogens is 424 g/mol. The van der Waals surface area contributed by atoms with Crippen molar-refractivity contribution in [3.63, 3.8) is 0 Å². The van der Waals surface area contributed by atoms with Crippen molar-refractivity contribution >= 4 is 49.1 Å². The van der Waals surface area contributed by atoms with Gasteiger partial charge in [0, 0.05) is 9.50 Å². The fourth-order valence-corrected chi connectivity index (χ4v) is 3.91. The van der Waals surface area contributed by atoms with Gasteiger partial charge in [-0.05, 0) is 30.3 Å². The second-order valence-corrected chi connectivity index (χ2v) is 7.62. The fourth-order valence-electron chi connectivity index (χ4n) is 1.93. The van der Waals surface area contributed by atoms with Gasteiger partial charge < -0.3 is 15.6 Å². The number of carbonyl (C=O) groups is 1. The molecule has 0 unspecified atom stereocenters. The van der Waals surface area contributed by atoms with Crippen molar-refractivity contribution in [3.8, 4) is 11.5 Å². The number of hydrogen-bond acceptors (Lipinski definition) is 5. The minimum Gasteiger partial charge on any atom is -0.505 e. The normalized spacial score (nSPS) is 11.1. The summed E-state index contributed by atoms with van der Waals surface area (Å²) < 4.78 is 32.9. The number of nitrogens with one attached hydrogen (secondary N) is 1. The molecule has 0 aliphatic carbocycles. The van der Waals surface area contributed by atoms with E-state index in [0.29, 0.717) is 4.47 Å². The van der Waals surface area contributed by atoms with Crippen LogP contribution in [0.5, 0.6) is 11.5 Å². The van der Waals surface area contributed by atoms with Gasteiger partial charge in [-0.25, -0.2) is 8.42 Å². The third-order valence-corrected chi connectivity index (χ3v) is 5.10. The number of methoxy groups -OCH3 is 1. The van der Waals surface area contributed by atoms with Crippen molar-refractivity contribution in [2.24, 2.45) is 5.73 Å². The maximum atomic E-state index is 12.6. The van der Waals surface area contributed by atoms with Gasteiger partial charge in [-0.3, -0.25) is 9.52 Å². The smallest absolute Gasteiger partial charge is 0.265 e. The molecule has 0 aromatic heterocycles. The summed E-state index contributed by atoms with van der Waals surface area (Å²) in [6.07, 6.45) is 0. The molecule has 2 aromatic rings. The molecule has 0 aliphatic heterocycles. The van der Waals surface area contributed by atoms with Gasteiger partial charge in [0.15, 0.2) is 5.75 Å². The molecule has 0 saturated carbocycles. The molecule has 0 atom stereocenters. The van der Waals surface area contributed by atoms with E-state index >= 15 is 0 Å². The first kappa shape index (κ1) is 18.4. The maximum absolute atomic E-state index is 12.6. The van der Waals surface area contributed by atoms with E-state index in [-0.39, 0.29) is 26.9 Å². The van der Waals surface area contributed by atoms with Crippen LogP contribution >= 0.6 is 27.5 Å². The van der Waals surface area contributed by atoms with Gasteiger partial charge in [-0.1, -0.05) is 27.5 Å². The van der Waals surface area contributed by atoms with Gasteiger partial charge >= 0.3 is 0 Å². The summed E-state index contributed by atoms with van der Waals surface area (Å²) in [7, 11) is -2.81. The summed E-state index contributed by atoms with van der Waals surface area (Å²) in [5.74, 6) is -1.47. The van der Waals surface area contributed by atoms with Crippen LogP contribution in [0.1, 0.15) is 10.4 Å². The van der Waals surface area contributed by atoms with Crippen LogP contribution in [0.25, 0.3) is 0 Å². The Hall–Kier alpha value is -1.97. The number of amides is 1. The fraction of sp³-hybridized carbons (Fsp3) is 0.0714. The zero-order chi connectivity index (χ0) is 18.1. The quantitative estimate of drug-likeness (QED) is 0.624. The standard InChI is InChI=1S/C14H12BrClN2O5S/c1-23-11-3-2-7(15)4-12(11)24(21,22)18-10-6-8(16)5-9(13(10)19)14(17)20/h2-6,18-19H,1H3,(H2,17,20). The van der Waals surface area contributed by atoms with Gasteiger partial charge in [0.05, 0.1) is 18.4 Å². The molecule has 0 saturated heterocycles. The molecule has 1 amide bonds. The van der Waals surface area contributed by atoms with Gasteiger partial charge in [0.1, 0.15) is 10.6 Å².